The van der Waals surface area contributed by atoms with Crippen molar-refractivity contribution in [1.29, 1.82) is 0 Å². The number of rotatable bonds is 14. The third-order valence-corrected chi connectivity index (χ3v) is 11.6. The zero-order valence-corrected chi connectivity index (χ0v) is 33.8. The molecule has 1 atom stereocenters. The van der Waals surface area contributed by atoms with E-state index in [2.05, 4.69) is 15.6 Å². The SMILES string of the molecule is CN(C)CCC(=O)Nc1ccc2c(=O)n(CC3(O)CCN(C(=O)C(CCCNC(=O)c4ccc5c(Cl)c6c(nc5c4)CCOC6)Cc4ccccc4)CC3)cnc2c1. The molecule has 13 nitrogen and oxygen atoms in total. The predicted molar refractivity (Wildman–Crippen MR) is 224 cm³/mol. The Kier molecular flexibility index (Phi) is 12.8. The monoisotopic (exact) mass is 807 g/mol. The number of nitrogens with zero attached hydrogens (tertiary/aromatic N) is 5. The van der Waals surface area contributed by atoms with Crippen LogP contribution in [0.1, 0.15) is 59.3 Å². The molecule has 3 amide bonds. The lowest BCUT2D eigenvalue weighted by Crippen LogP contribution is -2.51. The van der Waals surface area contributed by atoms with Gasteiger partial charge in [-0.1, -0.05) is 48.0 Å². The molecule has 3 aromatic carbocycles. The number of aromatic nitrogens is 3. The van der Waals surface area contributed by atoms with Crippen molar-refractivity contribution >= 4 is 56.8 Å². The summed E-state index contributed by atoms with van der Waals surface area (Å²) in [6.07, 6.45) is 4.78. The lowest BCUT2D eigenvalue weighted by atomic mass is 9.88. The molecular weight excluding hydrogens is 758 g/mol. The number of halogens is 1. The Hall–Kier alpha value is -5.21. The Labute approximate surface area is 342 Å². The smallest absolute Gasteiger partial charge is 0.261 e. The zero-order chi connectivity index (χ0) is 40.8. The van der Waals surface area contributed by atoms with Gasteiger partial charge in [-0.15, -0.1) is 0 Å². The number of anilines is 1. The molecule has 1 unspecified atom stereocenters. The summed E-state index contributed by atoms with van der Waals surface area (Å²) >= 11 is 6.67. The fourth-order valence-corrected chi connectivity index (χ4v) is 8.11. The molecule has 0 aliphatic carbocycles. The van der Waals surface area contributed by atoms with Crippen LogP contribution >= 0.6 is 11.6 Å². The van der Waals surface area contributed by atoms with Gasteiger partial charge >= 0.3 is 0 Å². The second-order valence-corrected chi connectivity index (χ2v) is 16.1. The van der Waals surface area contributed by atoms with E-state index in [-0.39, 0.29) is 35.7 Å². The van der Waals surface area contributed by atoms with Crippen molar-refractivity contribution in [2.24, 2.45) is 5.92 Å². The van der Waals surface area contributed by atoms with Crippen molar-refractivity contribution in [1.82, 2.24) is 29.7 Å². The lowest BCUT2D eigenvalue weighted by molar-refractivity contribution is -0.140. The van der Waals surface area contributed by atoms with Crippen LogP contribution in [0, 0.1) is 5.92 Å². The van der Waals surface area contributed by atoms with Crippen LogP contribution < -0.4 is 16.2 Å². The van der Waals surface area contributed by atoms with E-state index in [4.69, 9.17) is 21.3 Å². The number of ether oxygens (including phenoxy) is 1. The molecule has 1 saturated heterocycles. The summed E-state index contributed by atoms with van der Waals surface area (Å²) in [6.45, 7) is 2.78. The Morgan fingerprint density at radius 3 is 2.57 bits per heavy atom. The Morgan fingerprint density at radius 1 is 1.02 bits per heavy atom. The summed E-state index contributed by atoms with van der Waals surface area (Å²) in [6, 6.07) is 20.2. The van der Waals surface area contributed by atoms with Gasteiger partial charge in [-0.3, -0.25) is 28.7 Å². The van der Waals surface area contributed by atoms with Crippen LogP contribution in [0.15, 0.2) is 77.9 Å². The largest absolute Gasteiger partial charge is 0.388 e. The highest BCUT2D eigenvalue weighted by atomic mass is 35.5. The van der Waals surface area contributed by atoms with Crippen molar-refractivity contribution in [2.45, 2.75) is 63.7 Å². The summed E-state index contributed by atoms with van der Waals surface area (Å²) in [7, 11) is 3.80. The van der Waals surface area contributed by atoms with E-state index in [1.54, 1.807) is 30.3 Å². The summed E-state index contributed by atoms with van der Waals surface area (Å²) in [5.41, 5.74) is 3.56. The molecule has 0 spiro atoms. The van der Waals surface area contributed by atoms with E-state index >= 15 is 0 Å². The van der Waals surface area contributed by atoms with Crippen LogP contribution in [-0.2, 0) is 40.3 Å². The molecule has 304 valence electrons. The fraction of sp³-hybridized carbons (Fsp3) is 0.409. The molecule has 4 heterocycles. The van der Waals surface area contributed by atoms with Crippen LogP contribution in [-0.4, -0.2) is 99.6 Å². The van der Waals surface area contributed by atoms with Crippen LogP contribution in [0.25, 0.3) is 21.8 Å². The molecule has 3 N–H and O–H groups in total. The number of carbonyl (C=O) groups excluding carboxylic acids is 3. The lowest BCUT2D eigenvalue weighted by Gasteiger charge is -2.39. The highest BCUT2D eigenvalue weighted by Gasteiger charge is 2.36. The molecule has 14 heteroatoms. The van der Waals surface area contributed by atoms with Crippen molar-refractivity contribution in [3.63, 3.8) is 0 Å². The quantitative estimate of drug-likeness (QED) is 0.132. The summed E-state index contributed by atoms with van der Waals surface area (Å²) in [4.78, 5) is 66.1. The maximum absolute atomic E-state index is 14.1. The van der Waals surface area contributed by atoms with Gasteiger partial charge in [-0.25, -0.2) is 4.98 Å². The highest BCUT2D eigenvalue weighted by Crippen LogP contribution is 2.32. The molecule has 2 aliphatic rings. The van der Waals surface area contributed by atoms with Crippen molar-refractivity contribution < 1.29 is 24.2 Å². The standard InChI is InChI=1S/C44H50ClN7O6/c1-50(2)19-14-39(53)48-32-11-13-34-37(25-32)47-28-52(43(34)56)27-44(57)16-20-51(21-17-44)42(55)31(23-29-7-4-3-5-8-29)9-6-18-46-41(54)30-10-12-33-38(24-30)49-36-15-22-58-26-35(36)40(33)45/h3-5,7-8,10-13,24-25,28,31,57H,6,9,14-23,26-27H2,1-2H3,(H,46,54)(H,48,53). The minimum atomic E-state index is -1.20. The van der Waals surface area contributed by atoms with Crippen LogP contribution in [0.2, 0.25) is 5.02 Å². The Morgan fingerprint density at radius 2 is 1.79 bits per heavy atom. The van der Waals surface area contributed by atoms with E-state index < -0.39 is 5.60 Å². The number of hydrogen-bond donors (Lipinski definition) is 3. The second kappa shape index (κ2) is 18.2. The zero-order valence-electron chi connectivity index (χ0n) is 33.0. The number of pyridine rings is 1. The normalized spacial score (nSPS) is 15.6. The van der Waals surface area contributed by atoms with Crippen molar-refractivity contribution in [3.05, 3.63) is 111 Å². The summed E-state index contributed by atoms with van der Waals surface area (Å²) in [5.74, 6) is -0.646. The van der Waals surface area contributed by atoms with Gasteiger partial charge in [-0.05, 0) is 82.1 Å². The first-order chi connectivity index (χ1) is 28.0. The Balaban J connectivity index is 0.947. The number of piperidine rings is 1. The molecule has 0 saturated carbocycles. The third-order valence-electron chi connectivity index (χ3n) is 11.1. The number of fused-ring (bicyclic) bond motifs is 3. The van der Waals surface area contributed by atoms with Gasteiger partial charge in [0.1, 0.15) is 0 Å². The number of carbonyl (C=O) groups is 3. The molecule has 0 bridgehead atoms. The first-order valence-corrected chi connectivity index (χ1v) is 20.3. The molecule has 5 aromatic rings. The maximum Gasteiger partial charge on any atom is 0.261 e. The number of amides is 3. The molecule has 2 aromatic heterocycles. The van der Waals surface area contributed by atoms with Crippen molar-refractivity contribution in [2.75, 3.05) is 52.2 Å². The van der Waals surface area contributed by atoms with Gasteiger partial charge in [0.2, 0.25) is 11.8 Å². The molecule has 58 heavy (non-hydrogen) atoms. The average Bonchev–Trinajstić information content (AvgIpc) is 3.22. The van der Waals surface area contributed by atoms with E-state index in [1.807, 2.05) is 60.3 Å². The van der Waals surface area contributed by atoms with E-state index in [0.717, 1.165) is 22.2 Å². The van der Waals surface area contributed by atoms with Gasteiger partial charge in [0.25, 0.3) is 11.5 Å². The highest BCUT2D eigenvalue weighted by molar-refractivity contribution is 6.36. The maximum atomic E-state index is 14.1. The van der Waals surface area contributed by atoms with Crippen LogP contribution in [0.4, 0.5) is 5.69 Å². The second-order valence-electron chi connectivity index (χ2n) is 15.7. The first kappa shape index (κ1) is 41.0. The minimum Gasteiger partial charge on any atom is -0.388 e. The van der Waals surface area contributed by atoms with E-state index in [9.17, 15) is 24.3 Å². The van der Waals surface area contributed by atoms with Crippen molar-refractivity contribution in [3.8, 4) is 0 Å². The first-order valence-electron chi connectivity index (χ1n) is 19.9. The Bertz CT molecular complexity index is 2360. The van der Waals surface area contributed by atoms with Crippen LogP contribution in [0.3, 0.4) is 0 Å². The number of benzene rings is 3. The van der Waals surface area contributed by atoms with Gasteiger partial charge in [-0.2, -0.15) is 0 Å². The number of likely N-dealkylation sites (tertiary alicyclic amines) is 1. The minimum absolute atomic E-state index is 0.0117. The number of aliphatic hydroxyl groups is 1. The summed E-state index contributed by atoms with van der Waals surface area (Å²) in [5, 5.41) is 19.3. The average molecular weight is 808 g/mol. The third kappa shape index (κ3) is 9.72. The van der Waals surface area contributed by atoms with Gasteiger partial charge in [0.15, 0.2) is 0 Å². The molecule has 2 aliphatic heterocycles. The molecule has 1 fully saturated rings. The topological polar surface area (TPSA) is 159 Å². The van der Waals surface area contributed by atoms with Gasteiger partial charge in [0.05, 0.1) is 58.8 Å². The van der Waals surface area contributed by atoms with Gasteiger partial charge in [0, 0.05) is 67.1 Å². The fourth-order valence-electron chi connectivity index (χ4n) is 7.79. The summed E-state index contributed by atoms with van der Waals surface area (Å²) < 4.78 is 6.98. The van der Waals surface area contributed by atoms with Gasteiger partial charge < -0.3 is 30.3 Å². The van der Waals surface area contributed by atoms with E-state index in [1.165, 1.54) is 10.9 Å². The molecule has 0 radical (unpaired) electrons. The van der Waals surface area contributed by atoms with E-state index in [0.29, 0.717) is 117 Å². The molecule has 7 rings (SSSR count). The van der Waals surface area contributed by atoms with Crippen LogP contribution in [0.5, 0.6) is 0 Å². The number of hydrogen-bond acceptors (Lipinski definition) is 9. The molecular formula is C44H50ClN7O6. The predicted octanol–water partition coefficient (Wildman–Crippen LogP) is 4.98. The number of nitrogens with one attached hydrogen (secondary N) is 2.